The summed E-state index contributed by atoms with van der Waals surface area (Å²) in [5.41, 5.74) is -0.566. The fraction of sp³-hybridized carbons (Fsp3) is 0.667. The van der Waals surface area contributed by atoms with Gasteiger partial charge in [0.05, 0.1) is 0 Å². The number of hydrogen-bond acceptors (Lipinski definition) is 2. The molecule has 12 heavy (non-hydrogen) atoms. The third-order valence-electron chi connectivity index (χ3n) is 1.35. The van der Waals surface area contributed by atoms with E-state index in [0.717, 1.165) is 0 Å². The van der Waals surface area contributed by atoms with E-state index in [0.29, 0.717) is 0 Å². The molecule has 0 amide bonds. The van der Waals surface area contributed by atoms with Gasteiger partial charge < -0.3 is 6.92 Å². The van der Waals surface area contributed by atoms with Crippen molar-refractivity contribution in [3.63, 3.8) is 0 Å². The maximum atomic E-state index is 11.2. The number of carbonyl (C=O) groups is 2. The van der Waals surface area contributed by atoms with Crippen LogP contribution in [0, 0.1) is 18.3 Å². The molecule has 0 aromatic heterocycles. The summed E-state index contributed by atoms with van der Waals surface area (Å²) in [6.07, 6.45) is 0. The molecule has 1 unspecified atom stereocenters. The van der Waals surface area contributed by atoms with Crippen molar-refractivity contribution >= 4 is 11.6 Å². The first-order valence-electron chi connectivity index (χ1n) is 3.68. The summed E-state index contributed by atoms with van der Waals surface area (Å²) < 4.78 is 0. The van der Waals surface area contributed by atoms with Gasteiger partial charge in [0, 0.05) is 5.41 Å². The Balaban J connectivity index is 0. The number of ketones is 2. The molecule has 0 spiro atoms. The average molecular weight is 162 g/mol. The van der Waals surface area contributed by atoms with Gasteiger partial charge in [0.1, 0.15) is 0 Å². The average Bonchev–Trinajstić information content (AvgIpc) is 1.82. The molecule has 0 aliphatic carbocycles. The molecule has 2 nitrogen and oxygen atoms in total. The Morgan fingerprint density at radius 3 is 1.67 bits per heavy atom. The van der Waals surface area contributed by atoms with Crippen LogP contribution in [0.2, 0.25) is 0 Å². The van der Waals surface area contributed by atoms with Crippen molar-refractivity contribution < 1.29 is 28.4 Å². The van der Waals surface area contributed by atoms with Crippen LogP contribution in [-0.4, -0.2) is 11.6 Å². The molecular formula is C9H15LiO2. The molecule has 0 aliphatic heterocycles. The predicted molar refractivity (Wildman–Crippen MR) is 44.0 cm³/mol. The second-order valence-corrected chi connectivity index (χ2v) is 3.84. The third-order valence-corrected chi connectivity index (χ3v) is 1.35. The summed E-state index contributed by atoms with van der Waals surface area (Å²) in [4.78, 5) is 22.3. The van der Waals surface area contributed by atoms with Gasteiger partial charge in [-0.2, -0.15) is 0 Å². The summed E-state index contributed by atoms with van der Waals surface area (Å²) in [7, 11) is 0. The van der Waals surface area contributed by atoms with Crippen LogP contribution in [0.1, 0.15) is 27.7 Å². The van der Waals surface area contributed by atoms with E-state index in [1.165, 1.54) is 0 Å². The monoisotopic (exact) mass is 162 g/mol. The molecule has 0 saturated heterocycles. The fourth-order valence-corrected chi connectivity index (χ4v) is 0.593. The molecule has 0 rings (SSSR count). The van der Waals surface area contributed by atoms with Crippen molar-refractivity contribution in [1.82, 2.24) is 0 Å². The first-order valence-corrected chi connectivity index (χ1v) is 3.68. The molecule has 0 heterocycles. The molecule has 1 atom stereocenters. The van der Waals surface area contributed by atoms with E-state index < -0.39 is 11.3 Å². The summed E-state index contributed by atoms with van der Waals surface area (Å²) in [5, 5.41) is 0. The zero-order chi connectivity index (χ0) is 9.23. The van der Waals surface area contributed by atoms with Crippen molar-refractivity contribution in [2.24, 2.45) is 11.3 Å². The van der Waals surface area contributed by atoms with Crippen LogP contribution in [0.25, 0.3) is 0 Å². The van der Waals surface area contributed by atoms with Crippen LogP contribution in [0.5, 0.6) is 0 Å². The minimum Gasteiger partial charge on any atom is -0.333 e. The normalized spacial score (nSPS) is 13.1. The Labute approximate surface area is 86.3 Å². The SMILES string of the molecule is [CH2-]C(C)C(=O)C(=O)C(C)(C)C.[Li+]. The van der Waals surface area contributed by atoms with Crippen molar-refractivity contribution in [1.29, 1.82) is 0 Å². The van der Waals surface area contributed by atoms with Gasteiger partial charge in [0.15, 0.2) is 5.78 Å². The maximum Gasteiger partial charge on any atom is 1.00 e. The van der Waals surface area contributed by atoms with Gasteiger partial charge in [-0.3, -0.25) is 9.59 Å². The Morgan fingerprint density at radius 2 is 1.58 bits per heavy atom. The molecule has 0 aromatic carbocycles. The largest absolute Gasteiger partial charge is 1.00 e. The Hall–Kier alpha value is -0.0626. The van der Waals surface area contributed by atoms with Crippen LogP contribution in [0.15, 0.2) is 0 Å². The second-order valence-electron chi connectivity index (χ2n) is 3.84. The summed E-state index contributed by atoms with van der Waals surface area (Å²) >= 11 is 0. The second kappa shape index (κ2) is 4.84. The quantitative estimate of drug-likeness (QED) is 0.285. The first-order chi connectivity index (χ1) is 4.76. The van der Waals surface area contributed by atoms with Crippen LogP contribution in [0.3, 0.4) is 0 Å². The third kappa shape index (κ3) is 4.09. The van der Waals surface area contributed by atoms with Gasteiger partial charge in [-0.15, -0.1) is 5.92 Å². The number of carbonyl (C=O) groups excluding carboxylic acids is 2. The smallest absolute Gasteiger partial charge is 0.333 e. The van der Waals surface area contributed by atoms with Gasteiger partial charge in [-0.05, 0) is 0 Å². The van der Waals surface area contributed by atoms with E-state index >= 15 is 0 Å². The van der Waals surface area contributed by atoms with E-state index in [2.05, 4.69) is 6.92 Å². The van der Waals surface area contributed by atoms with Crippen LogP contribution in [-0.2, 0) is 9.59 Å². The minimum absolute atomic E-state index is 0. The van der Waals surface area contributed by atoms with Gasteiger partial charge in [0.2, 0.25) is 5.78 Å². The van der Waals surface area contributed by atoms with Crippen molar-refractivity contribution in [3.05, 3.63) is 6.92 Å². The Kier molecular flexibility index (Phi) is 5.83. The number of rotatable bonds is 2. The van der Waals surface area contributed by atoms with E-state index in [-0.39, 0.29) is 30.4 Å². The fourth-order valence-electron chi connectivity index (χ4n) is 0.593. The van der Waals surface area contributed by atoms with E-state index in [1.807, 2.05) is 0 Å². The van der Waals surface area contributed by atoms with Crippen molar-refractivity contribution in [3.8, 4) is 0 Å². The zero-order valence-electron chi connectivity index (χ0n) is 8.60. The van der Waals surface area contributed by atoms with Gasteiger partial charge in [0.25, 0.3) is 0 Å². The molecule has 0 radical (unpaired) electrons. The van der Waals surface area contributed by atoms with E-state index in [4.69, 9.17) is 0 Å². The molecule has 64 valence electrons. The summed E-state index contributed by atoms with van der Waals surface area (Å²) in [5.74, 6) is -1.14. The van der Waals surface area contributed by atoms with Crippen LogP contribution >= 0.6 is 0 Å². The minimum atomic E-state index is -0.566. The molecule has 0 saturated carbocycles. The molecule has 0 aliphatic rings. The molecule has 0 aromatic rings. The Morgan fingerprint density at radius 1 is 1.25 bits per heavy atom. The predicted octanol–water partition coefficient (Wildman–Crippen LogP) is -1.36. The van der Waals surface area contributed by atoms with Crippen LogP contribution in [0.4, 0.5) is 0 Å². The summed E-state index contributed by atoms with van der Waals surface area (Å²) in [6, 6.07) is 0. The number of Topliss-reactive ketones (excluding diaryl/α,β-unsaturated/α-hetero) is 2. The molecule has 0 bridgehead atoms. The van der Waals surface area contributed by atoms with E-state index in [1.54, 1.807) is 27.7 Å². The van der Waals surface area contributed by atoms with Gasteiger partial charge in [-0.1, -0.05) is 27.7 Å². The van der Waals surface area contributed by atoms with Gasteiger partial charge in [-0.25, -0.2) is 0 Å². The van der Waals surface area contributed by atoms with E-state index in [9.17, 15) is 9.59 Å². The standard InChI is InChI=1S/C9H15O2.Li/c1-6(2)7(10)8(11)9(3,4)5;/h6H,1H2,2-5H3;/q-1;+1. The number of hydrogen-bond donors (Lipinski definition) is 0. The first kappa shape index (κ1) is 14.5. The van der Waals surface area contributed by atoms with Crippen molar-refractivity contribution in [2.75, 3.05) is 0 Å². The van der Waals surface area contributed by atoms with Gasteiger partial charge >= 0.3 is 18.9 Å². The zero-order valence-corrected chi connectivity index (χ0v) is 8.60. The maximum absolute atomic E-state index is 11.2. The molecular weight excluding hydrogens is 147 g/mol. The molecule has 0 N–H and O–H groups in total. The Bertz CT molecular complexity index is 177. The van der Waals surface area contributed by atoms with Crippen LogP contribution < -0.4 is 18.9 Å². The molecule has 0 fully saturated rings. The molecule has 3 heteroatoms. The van der Waals surface area contributed by atoms with Crippen molar-refractivity contribution in [2.45, 2.75) is 27.7 Å². The summed E-state index contributed by atoms with van der Waals surface area (Å²) in [6.45, 7) is 10.3. The topological polar surface area (TPSA) is 34.1 Å².